The smallest absolute Gasteiger partial charge is 0.240 e. The predicted molar refractivity (Wildman–Crippen MR) is 71.3 cm³/mol. The van der Waals surface area contributed by atoms with E-state index >= 15 is 0 Å². The summed E-state index contributed by atoms with van der Waals surface area (Å²) < 4.78 is 11.1. The SMILES string of the molecule is CCCC1CC(=O)N(C(CCS(C)=O)C(N)=O)C1. The molecular formula is C12H22N2O3S. The van der Waals surface area contributed by atoms with Gasteiger partial charge in [-0.2, -0.15) is 0 Å². The molecule has 0 saturated carbocycles. The van der Waals surface area contributed by atoms with Crippen LogP contribution in [0.3, 0.4) is 0 Å². The van der Waals surface area contributed by atoms with E-state index in [-0.39, 0.29) is 5.91 Å². The van der Waals surface area contributed by atoms with E-state index in [1.54, 1.807) is 11.2 Å². The standard InChI is InChI=1S/C12H22N2O3S/c1-3-4-9-7-11(15)14(8-9)10(12(13)16)5-6-18(2)17/h9-10H,3-8H2,1-2H3,(H2,13,16). The molecular weight excluding hydrogens is 252 g/mol. The molecule has 0 aromatic carbocycles. The molecule has 3 unspecified atom stereocenters. The molecule has 2 amide bonds. The van der Waals surface area contributed by atoms with Gasteiger partial charge in [0.2, 0.25) is 11.8 Å². The molecule has 1 aliphatic heterocycles. The minimum atomic E-state index is -0.972. The lowest BCUT2D eigenvalue weighted by Crippen LogP contribution is -2.46. The number of primary amides is 1. The first-order valence-electron chi connectivity index (χ1n) is 6.34. The molecule has 18 heavy (non-hydrogen) atoms. The van der Waals surface area contributed by atoms with Gasteiger partial charge >= 0.3 is 0 Å². The first-order valence-corrected chi connectivity index (χ1v) is 8.07. The molecule has 0 aromatic rings. The topological polar surface area (TPSA) is 80.5 Å². The number of hydrogen-bond acceptors (Lipinski definition) is 3. The van der Waals surface area contributed by atoms with E-state index in [1.807, 2.05) is 0 Å². The third kappa shape index (κ3) is 4.08. The lowest BCUT2D eigenvalue weighted by Gasteiger charge is -2.25. The van der Waals surface area contributed by atoms with Gasteiger partial charge in [-0.1, -0.05) is 13.3 Å². The monoisotopic (exact) mass is 274 g/mol. The normalized spacial score (nSPS) is 23.1. The summed E-state index contributed by atoms with van der Waals surface area (Å²) in [6.07, 6.45) is 4.51. The predicted octanol–water partition coefficient (Wildman–Crippen LogP) is 0.258. The summed E-state index contributed by atoms with van der Waals surface area (Å²) in [6, 6.07) is -0.594. The minimum absolute atomic E-state index is 0.000801. The molecule has 2 N–H and O–H groups in total. The van der Waals surface area contributed by atoms with Crippen molar-refractivity contribution in [2.24, 2.45) is 11.7 Å². The summed E-state index contributed by atoms with van der Waals surface area (Å²) in [5, 5.41) is 0. The molecule has 104 valence electrons. The molecule has 1 fully saturated rings. The van der Waals surface area contributed by atoms with Crippen molar-refractivity contribution >= 4 is 22.6 Å². The maximum atomic E-state index is 11.9. The largest absolute Gasteiger partial charge is 0.368 e. The quantitative estimate of drug-likeness (QED) is 0.723. The molecule has 3 atom stereocenters. The van der Waals surface area contributed by atoms with Crippen LogP contribution in [0.2, 0.25) is 0 Å². The number of carbonyl (C=O) groups excluding carboxylic acids is 2. The summed E-state index contributed by atoms with van der Waals surface area (Å²) in [7, 11) is -0.972. The summed E-state index contributed by atoms with van der Waals surface area (Å²) in [5.74, 6) is 0.233. The van der Waals surface area contributed by atoms with E-state index < -0.39 is 22.7 Å². The highest BCUT2D eigenvalue weighted by atomic mass is 32.2. The van der Waals surface area contributed by atoms with Gasteiger partial charge in [0.15, 0.2) is 0 Å². The number of carbonyl (C=O) groups is 2. The maximum Gasteiger partial charge on any atom is 0.240 e. The van der Waals surface area contributed by atoms with Crippen molar-refractivity contribution in [1.82, 2.24) is 4.90 Å². The van der Waals surface area contributed by atoms with Crippen LogP contribution in [0.1, 0.15) is 32.6 Å². The fourth-order valence-corrected chi connectivity index (χ4v) is 3.00. The van der Waals surface area contributed by atoms with E-state index in [4.69, 9.17) is 5.73 Å². The highest BCUT2D eigenvalue weighted by Gasteiger charge is 2.36. The third-order valence-corrected chi connectivity index (χ3v) is 4.13. The molecule has 0 bridgehead atoms. The Bertz CT molecular complexity index is 346. The molecule has 6 heteroatoms. The van der Waals surface area contributed by atoms with Crippen LogP contribution in [-0.2, 0) is 20.4 Å². The van der Waals surface area contributed by atoms with Crippen LogP contribution in [0.5, 0.6) is 0 Å². The Morgan fingerprint density at radius 2 is 2.28 bits per heavy atom. The van der Waals surface area contributed by atoms with Crippen molar-refractivity contribution < 1.29 is 13.8 Å². The van der Waals surface area contributed by atoms with Crippen molar-refractivity contribution in [1.29, 1.82) is 0 Å². The molecule has 1 saturated heterocycles. The second-order valence-electron chi connectivity index (χ2n) is 4.89. The van der Waals surface area contributed by atoms with Gasteiger partial charge in [0, 0.05) is 35.8 Å². The highest BCUT2D eigenvalue weighted by molar-refractivity contribution is 7.84. The van der Waals surface area contributed by atoms with Gasteiger partial charge < -0.3 is 10.6 Å². The van der Waals surface area contributed by atoms with Crippen LogP contribution < -0.4 is 5.73 Å². The Balaban J connectivity index is 2.65. The number of likely N-dealkylation sites (tertiary alicyclic amines) is 1. The first kappa shape index (κ1) is 15.1. The van der Waals surface area contributed by atoms with E-state index in [0.717, 1.165) is 12.8 Å². The van der Waals surface area contributed by atoms with Gasteiger partial charge in [-0.15, -0.1) is 0 Å². The van der Waals surface area contributed by atoms with E-state index in [1.165, 1.54) is 0 Å². The zero-order valence-electron chi connectivity index (χ0n) is 11.1. The van der Waals surface area contributed by atoms with Crippen LogP contribution in [0.15, 0.2) is 0 Å². The number of rotatable bonds is 7. The van der Waals surface area contributed by atoms with Crippen LogP contribution in [0.4, 0.5) is 0 Å². The van der Waals surface area contributed by atoms with Crippen LogP contribution >= 0.6 is 0 Å². The summed E-state index contributed by atoms with van der Waals surface area (Å²) in [4.78, 5) is 24.9. The molecule has 1 aliphatic rings. The average Bonchev–Trinajstić information content (AvgIpc) is 2.60. The Hall–Kier alpha value is -0.910. The summed E-state index contributed by atoms with van der Waals surface area (Å²) >= 11 is 0. The fourth-order valence-electron chi connectivity index (χ4n) is 2.44. The van der Waals surface area contributed by atoms with Crippen molar-refractivity contribution in [2.75, 3.05) is 18.6 Å². The molecule has 1 heterocycles. The molecule has 0 aliphatic carbocycles. The van der Waals surface area contributed by atoms with Gasteiger partial charge in [0.05, 0.1) is 0 Å². The van der Waals surface area contributed by atoms with Crippen molar-refractivity contribution in [3.05, 3.63) is 0 Å². The van der Waals surface area contributed by atoms with E-state index in [0.29, 0.717) is 31.1 Å². The maximum absolute atomic E-state index is 11.9. The Morgan fingerprint density at radius 3 is 2.78 bits per heavy atom. The molecule has 0 aromatic heterocycles. The van der Waals surface area contributed by atoms with E-state index in [9.17, 15) is 13.8 Å². The minimum Gasteiger partial charge on any atom is -0.368 e. The number of nitrogens with two attached hydrogens (primary N) is 1. The summed E-state index contributed by atoms with van der Waals surface area (Å²) in [6.45, 7) is 2.69. The zero-order chi connectivity index (χ0) is 13.7. The first-order chi connectivity index (χ1) is 8.45. The molecule has 0 radical (unpaired) electrons. The fraction of sp³-hybridized carbons (Fsp3) is 0.833. The van der Waals surface area contributed by atoms with Gasteiger partial charge in [-0.3, -0.25) is 13.8 Å². The van der Waals surface area contributed by atoms with Gasteiger partial charge in [-0.25, -0.2) is 0 Å². The molecule has 0 spiro atoms. The summed E-state index contributed by atoms with van der Waals surface area (Å²) in [5.41, 5.74) is 5.35. The van der Waals surface area contributed by atoms with Gasteiger partial charge in [-0.05, 0) is 18.8 Å². The van der Waals surface area contributed by atoms with Crippen LogP contribution in [-0.4, -0.2) is 45.5 Å². The number of hydrogen-bond donors (Lipinski definition) is 1. The van der Waals surface area contributed by atoms with Crippen molar-refractivity contribution in [3.8, 4) is 0 Å². The van der Waals surface area contributed by atoms with Crippen molar-refractivity contribution in [2.45, 2.75) is 38.6 Å². The molecule has 1 rings (SSSR count). The van der Waals surface area contributed by atoms with Crippen LogP contribution in [0.25, 0.3) is 0 Å². The molecule has 5 nitrogen and oxygen atoms in total. The van der Waals surface area contributed by atoms with Gasteiger partial charge in [0.25, 0.3) is 0 Å². The second-order valence-corrected chi connectivity index (χ2v) is 6.44. The average molecular weight is 274 g/mol. The zero-order valence-corrected chi connectivity index (χ0v) is 11.9. The van der Waals surface area contributed by atoms with Gasteiger partial charge in [0.1, 0.15) is 6.04 Å². The Kier molecular flexibility index (Phi) is 5.78. The lowest BCUT2D eigenvalue weighted by molar-refractivity contribution is -0.136. The van der Waals surface area contributed by atoms with Crippen LogP contribution in [0, 0.1) is 5.92 Å². The van der Waals surface area contributed by atoms with E-state index in [2.05, 4.69) is 6.92 Å². The Labute approximate surface area is 111 Å². The second kappa shape index (κ2) is 6.87. The number of nitrogens with zero attached hydrogens (tertiary/aromatic N) is 1. The number of amides is 2. The lowest BCUT2D eigenvalue weighted by atomic mass is 10.0. The van der Waals surface area contributed by atoms with Crippen molar-refractivity contribution in [3.63, 3.8) is 0 Å². The highest BCUT2D eigenvalue weighted by Crippen LogP contribution is 2.25. The third-order valence-electron chi connectivity index (χ3n) is 3.32. The Morgan fingerprint density at radius 1 is 1.61 bits per heavy atom.